The molecule has 4 N–H and O–H groups in total. The van der Waals surface area contributed by atoms with Gasteiger partial charge in [0.1, 0.15) is 5.82 Å². The maximum absolute atomic E-state index is 12.8. The van der Waals surface area contributed by atoms with E-state index in [9.17, 15) is 17.6 Å². The smallest absolute Gasteiger partial charge is 0.337 e. The molecule has 0 heterocycles. The normalized spacial score (nSPS) is 11.1. The van der Waals surface area contributed by atoms with Crippen LogP contribution in [0.2, 0.25) is 0 Å². The summed E-state index contributed by atoms with van der Waals surface area (Å²) in [6, 6.07) is 7.91. The van der Waals surface area contributed by atoms with Crippen molar-refractivity contribution in [2.75, 3.05) is 10.5 Å². The molecule has 0 aliphatic rings. The molecule has 21 heavy (non-hydrogen) atoms. The number of nitrogens with two attached hydrogens (primary N) is 1. The Labute approximate surface area is 120 Å². The molecule has 2 aromatic rings. The molecule has 0 aromatic heterocycles. The highest BCUT2D eigenvalue weighted by molar-refractivity contribution is 7.92. The number of nitrogen functional groups attached to an aromatic ring is 1. The van der Waals surface area contributed by atoms with Gasteiger partial charge in [0.15, 0.2) is 0 Å². The van der Waals surface area contributed by atoms with E-state index in [1.165, 1.54) is 12.1 Å². The molecule has 6 nitrogen and oxygen atoms in total. The molecule has 0 fully saturated rings. The van der Waals surface area contributed by atoms with Crippen LogP contribution in [0.3, 0.4) is 0 Å². The summed E-state index contributed by atoms with van der Waals surface area (Å²) in [6.45, 7) is 0. The van der Waals surface area contributed by atoms with E-state index < -0.39 is 21.8 Å². The fourth-order valence-electron chi connectivity index (χ4n) is 1.65. The first-order chi connectivity index (χ1) is 9.79. The molecule has 0 atom stereocenters. The Morgan fingerprint density at radius 1 is 1.14 bits per heavy atom. The van der Waals surface area contributed by atoms with Crippen molar-refractivity contribution in [1.29, 1.82) is 0 Å². The maximum atomic E-state index is 12.8. The summed E-state index contributed by atoms with van der Waals surface area (Å²) in [4.78, 5) is 10.9. The minimum Gasteiger partial charge on any atom is -0.478 e. The van der Waals surface area contributed by atoms with Gasteiger partial charge in [0, 0.05) is 5.69 Å². The van der Waals surface area contributed by atoms with Gasteiger partial charge in [-0.25, -0.2) is 17.6 Å². The zero-order chi connectivity index (χ0) is 15.6. The van der Waals surface area contributed by atoms with Crippen molar-refractivity contribution >= 4 is 27.4 Å². The van der Waals surface area contributed by atoms with E-state index in [2.05, 4.69) is 4.72 Å². The summed E-state index contributed by atoms with van der Waals surface area (Å²) in [6.07, 6.45) is 0. The summed E-state index contributed by atoms with van der Waals surface area (Å²) in [5, 5.41) is 9.05. The minimum atomic E-state index is -4.02. The maximum Gasteiger partial charge on any atom is 0.337 e. The number of hydrogen-bond donors (Lipinski definition) is 3. The van der Waals surface area contributed by atoms with Crippen LogP contribution < -0.4 is 10.5 Å². The van der Waals surface area contributed by atoms with Crippen molar-refractivity contribution in [3.8, 4) is 0 Å². The van der Waals surface area contributed by atoms with Crippen molar-refractivity contribution in [3.63, 3.8) is 0 Å². The lowest BCUT2D eigenvalue weighted by Crippen LogP contribution is -2.15. The van der Waals surface area contributed by atoms with E-state index >= 15 is 0 Å². The number of anilines is 2. The molecule has 0 aliphatic carbocycles. The van der Waals surface area contributed by atoms with E-state index in [0.717, 1.165) is 30.3 Å². The third-order valence-electron chi connectivity index (χ3n) is 2.64. The number of carboxylic acid groups (broad SMARTS) is 1. The predicted molar refractivity (Wildman–Crippen MR) is 75.0 cm³/mol. The zero-order valence-electron chi connectivity index (χ0n) is 10.6. The molecule has 0 radical (unpaired) electrons. The third kappa shape index (κ3) is 3.29. The summed E-state index contributed by atoms with van der Waals surface area (Å²) < 4.78 is 39.2. The largest absolute Gasteiger partial charge is 0.478 e. The first-order valence-corrected chi connectivity index (χ1v) is 7.19. The molecule has 8 heteroatoms. The molecule has 0 unspecified atom stereocenters. The van der Waals surface area contributed by atoms with Gasteiger partial charge in [0.05, 0.1) is 16.1 Å². The Balaban J connectivity index is 2.41. The van der Waals surface area contributed by atoms with E-state index in [-0.39, 0.29) is 21.8 Å². The van der Waals surface area contributed by atoms with Gasteiger partial charge in [0.25, 0.3) is 10.0 Å². The third-order valence-corrected chi connectivity index (χ3v) is 4.02. The lowest BCUT2D eigenvalue weighted by atomic mass is 10.1. The van der Waals surface area contributed by atoms with Crippen molar-refractivity contribution in [2.45, 2.75) is 4.90 Å². The number of nitrogens with one attached hydrogen (secondary N) is 1. The number of carbonyl (C=O) groups is 1. The van der Waals surface area contributed by atoms with Crippen LogP contribution >= 0.6 is 0 Å². The van der Waals surface area contributed by atoms with E-state index in [4.69, 9.17) is 10.8 Å². The quantitative estimate of drug-likeness (QED) is 0.747. The second kappa shape index (κ2) is 5.41. The first-order valence-electron chi connectivity index (χ1n) is 5.71. The second-order valence-corrected chi connectivity index (χ2v) is 5.85. The monoisotopic (exact) mass is 310 g/mol. The van der Waals surface area contributed by atoms with E-state index in [1.54, 1.807) is 0 Å². The predicted octanol–water partition coefficient (Wildman–Crippen LogP) is 1.91. The Morgan fingerprint density at radius 2 is 1.76 bits per heavy atom. The Morgan fingerprint density at radius 3 is 2.33 bits per heavy atom. The average molecular weight is 310 g/mol. The molecule has 2 rings (SSSR count). The highest BCUT2D eigenvalue weighted by Gasteiger charge is 2.18. The highest BCUT2D eigenvalue weighted by atomic mass is 32.2. The van der Waals surface area contributed by atoms with E-state index in [1.807, 2.05) is 0 Å². The first kappa shape index (κ1) is 14.8. The number of aromatic carboxylic acids is 1. The zero-order valence-corrected chi connectivity index (χ0v) is 11.4. The molecule has 2 aromatic carbocycles. The lowest BCUT2D eigenvalue weighted by Gasteiger charge is -2.11. The fraction of sp³-hybridized carbons (Fsp3) is 0. The Hall–Kier alpha value is -2.61. The molecular formula is C13H11FN2O4S. The summed E-state index contributed by atoms with van der Waals surface area (Å²) in [5.74, 6) is -1.90. The van der Waals surface area contributed by atoms with Crippen LogP contribution in [0.15, 0.2) is 47.4 Å². The van der Waals surface area contributed by atoms with Gasteiger partial charge in [0.2, 0.25) is 0 Å². The standard InChI is InChI=1S/C13H11FN2O4S/c14-8-1-4-10(5-2-8)21(19,20)16-12-6-3-9(15)7-11(12)13(17)18/h1-7,16H,15H2,(H,17,18). The molecule has 110 valence electrons. The summed E-state index contributed by atoms with van der Waals surface area (Å²) >= 11 is 0. The number of sulfonamides is 1. The molecule has 0 saturated carbocycles. The topological polar surface area (TPSA) is 109 Å². The van der Waals surface area contributed by atoms with Crippen LogP contribution in [0, 0.1) is 5.82 Å². The van der Waals surface area contributed by atoms with Crippen LogP contribution in [0.5, 0.6) is 0 Å². The van der Waals surface area contributed by atoms with Gasteiger partial charge < -0.3 is 10.8 Å². The van der Waals surface area contributed by atoms with Gasteiger partial charge in [-0.3, -0.25) is 4.72 Å². The van der Waals surface area contributed by atoms with Crippen LogP contribution in [-0.2, 0) is 10.0 Å². The molecule has 0 saturated heterocycles. The van der Waals surface area contributed by atoms with Crippen molar-refractivity contribution in [2.24, 2.45) is 0 Å². The Bertz CT molecular complexity index is 788. The number of hydrogen-bond acceptors (Lipinski definition) is 4. The van der Waals surface area contributed by atoms with Crippen LogP contribution in [0.4, 0.5) is 15.8 Å². The van der Waals surface area contributed by atoms with Crippen LogP contribution in [0.25, 0.3) is 0 Å². The van der Waals surface area contributed by atoms with E-state index in [0.29, 0.717) is 0 Å². The average Bonchev–Trinajstić information content (AvgIpc) is 2.41. The van der Waals surface area contributed by atoms with Gasteiger partial charge in [-0.1, -0.05) is 0 Å². The van der Waals surface area contributed by atoms with Crippen molar-refractivity contribution in [1.82, 2.24) is 0 Å². The molecule has 0 aliphatic heterocycles. The van der Waals surface area contributed by atoms with Gasteiger partial charge in [-0.05, 0) is 42.5 Å². The second-order valence-electron chi connectivity index (χ2n) is 4.17. The number of rotatable bonds is 4. The van der Waals surface area contributed by atoms with Gasteiger partial charge >= 0.3 is 5.97 Å². The summed E-state index contributed by atoms with van der Waals surface area (Å²) in [5.41, 5.74) is 5.27. The SMILES string of the molecule is Nc1ccc(NS(=O)(=O)c2ccc(F)cc2)c(C(=O)O)c1. The minimum absolute atomic E-state index is 0.124. The lowest BCUT2D eigenvalue weighted by molar-refractivity contribution is 0.0698. The molecular weight excluding hydrogens is 299 g/mol. The molecule has 0 bridgehead atoms. The fourth-order valence-corrected chi connectivity index (χ4v) is 2.72. The number of benzene rings is 2. The van der Waals surface area contributed by atoms with Crippen LogP contribution in [0.1, 0.15) is 10.4 Å². The van der Waals surface area contributed by atoms with Gasteiger partial charge in [-0.2, -0.15) is 0 Å². The van der Waals surface area contributed by atoms with Crippen molar-refractivity contribution in [3.05, 3.63) is 53.8 Å². The van der Waals surface area contributed by atoms with Gasteiger partial charge in [-0.15, -0.1) is 0 Å². The number of carboxylic acids is 1. The van der Waals surface area contributed by atoms with Crippen molar-refractivity contribution < 1.29 is 22.7 Å². The van der Waals surface area contributed by atoms with Crippen LogP contribution in [-0.4, -0.2) is 19.5 Å². The highest BCUT2D eigenvalue weighted by Crippen LogP contribution is 2.22. The number of halogens is 1. The molecule has 0 amide bonds. The Kier molecular flexibility index (Phi) is 3.81. The summed E-state index contributed by atoms with van der Waals surface area (Å²) in [7, 11) is -4.02. The molecule has 0 spiro atoms.